The summed E-state index contributed by atoms with van der Waals surface area (Å²) in [4.78, 5) is 42.5. The molecule has 0 saturated carbocycles. The van der Waals surface area contributed by atoms with Crippen molar-refractivity contribution in [2.75, 3.05) is 25.1 Å². The third kappa shape index (κ3) is 29.2. The molecule has 2 N–H and O–H groups in total. The average Bonchev–Trinajstić information content (AvgIpc) is 3.98. The molecule has 1 saturated heterocycles. The Kier molecular flexibility index (Phi) is 27.5. The lowest BCUT2D eigenvalue weighted by atomic mass is 10.1. The first-order valence-corrected chi connectivity index (χ1v) is 18.0. The van der Waals surface area contributed by atoms with Gasteiger partial charge in [0.05, 0.1) is 24.6 Å². The number of unbranched alkanes of at least 4 members (excludes halogenated alkanes) is 9. The van der Waals surface area contributed by atoms with E-state index < -0.39 is 5.97 Å². The Hall–Kier alpha value is -5.16. The maximum absolute atomic E-state index is 11.1. The van der Waals surface area contributed by atoms with Gasteiger partial charge in [-0.2, -0.15) is 10.2 Å². The highest BCUT2D eigenvalue weighted by Crippen LogP contribution is 2.20. The molecule has 1 heterocycles. The summed E-state index contributed by atoms with van der Waals surface area (Å²) in [5.41, 5.74) is 3.31. The highest BCUT2D eigenvalue weighted by molar-refractivity contribution is 5.98. The standard InChI is InChI=1S/C16H30O2.C15H13N3O.C7H10O3.C4H6O2/c1-4-5-6-7-8-9-10-11-12-13-14-18-16(17)15(2)3;1-2-15(19)16-12-8-10-14(11-9-12)18-17-13-6-4-3-5-7-13;1-5(2)7(8)10-4-6-3-9-6;1-3(2)4(5)6/h2,4-14H2,1,3H3;2-11H,1H2,(H,16,19);6H,1,3-4H2,2H3;1H2,2H3,(H,5,6). The molecule has 53 heavy (non-hydrogen) atoms. The summed E-state index contributed by atoms with van der Waals surface area (Å²) in [6.07, 6.45) is 14.3. The number of esters is 2. The van der Waals surface area contributed by atoms with E-state index in [1.54, 1.807) is 38.1 Å². The number of carboxylic acid groups (broad SMARTS) is 1. The molecule has 0 spiro atoms. The lowest BCUT2D eigenvalue weighted by molar-refractivity contribution is -0.140. The lowest BCUT2D eigenvalue weighted by Gasteiger charge is -2.04. The van der Waals surface area contributed by atoms with Gasteiger partial charge in [0.1, 0.15) is 12.7 Å². The van der Waals surface area contributed by atoms with Gasteiger partial charge in [0.25, 0.3) is 0 Å². The van der Waals surface area contributed by atoms with Crippen LogP contribution in [0, 0.1) is 0 Å². The van der Waals surface area contributed by atoms with Crippen LogP contribution in [-0.4, -0.2) is 54.8 Å². The Morgan fingerprint density at radius 3 is 1.64 bits per heavy atom. The Morgan fingerprint density at radius 1 is 0.755 bits per heavy atom. The quantitative estimate of drug-likeness (QED) is 0.0448. The largest absolute Gasteiger partial charge is 0.478 e. The zero-order chi connectivity index (χ0) is 39.9. The highest BCUT2D eigenvalue weighted by Gasteiger charge is 2.24. The van der Waals surface area contributed by atoms with Crippen LogP contribution in [0.25, 0.3) is 0 Å². The molecule has 1 aliphatic heterocycles. The van der Waals surface area contributed by atoms with Crippen molar-refractivity contribution in [3.8, 4) is 0 Å². The van der Waals surface area contributed by atoms with E-state index in [4.69, 9.17) is 19.3 Å². The molecule has 290 valence electrons. The van der Waals surface area contributed by atoms with Gasteiger partial charge in [-0.05, 0) is 69.7 Å². The van der Waals surface area contributed by atoms with Crippen molar-refractivity contribution < 1.29 is 38.5 Å². The Balaban J connectivity index is 0.000000735. The minimum Gasteiger partial charge on any atom is -0.478 e. The zero-order valence-electron chi connectivity index (χ0n) is 32.1. The first-order chi connectivity index (χ1) is 25.3. The molecule has 1 fully saturated rings. The maximum Gasteiger partial charge on any atom is 0.333 e. The molecule has 0 radical (unpaired) electrons. The van der Waals surface area contributed by atoms with Crippen molar-refractivity contribution in [3.05, 3.63) is 104 Å². The fourth-order valence-electron chi connectivity index (χ4n) is 3.75. The van der Waals surface area contributed by atoms with Gasteiger partial charge in [0, 0.05) is 22.4 Å². The highest BCUT2D eigenvalue weighted by atomic mass is 16.6. The normalized spacial score (nSPS) is 12.2. The van der Waals surface area contributed by atoms with Gasteiger partial charge >= 0.3 is 17.9 Å². The van der Waals surface area contributed by atoms with Gasteiger partial charge in [-0.1, -0.05) is 109 Å². The number of nitrogens with one attached hydrogen (secondary N) is 1. The van der Waals surface area contributed by atoms with E-state index in [0.29, 0.717) is 36.7 Å². The van der Waals surface area contributed by atoms with Crippen LogP contribution >= 0.6 is 0 Å². The van der Waals surface area contributed by atoms with Crippen LogP contribution < -0.4 is 5.32 Å². The number of ether oxygens (including phenoxy) is 3. The number of benzene rings is 2. The number of rotatable bonds is 20. The van der Waals surface area contributed by atoms with Crippen molar-refractivity contribution in [1.82, 2.24) is 0 Å². The summed E-state index contributed by atoms with van der Waals surface area (Å²) in [6.45, 7) is 22.2. The number of hydrogen-bond acceptors (Lipinski definition) is 9. The van der Waals surface area contributed by atoms with E-state index in [1.165, 1.54) is 70.8 Å². The number of nitrogens with zero attached hydrogens (tertiary/aromatic N) is 2. The first kappa shape index (κ1) is 47.8. The number of carbonyl (C=O) groups excluding carboxylic acids is 3. The smallest absolute Gasteiger partial charge is 0.333 e. The molecule has 3 rings (SSSR count). The number of epoxide rings is 1. The van der Waals surface area contributed by atoms with Crippen LogP contribution in [0.1, 0.15) is 91.9 Å². The second-order valence-corrected chi connectivity index (χ2v) is 12.3. The van der Waals surface area contributed by atoms with Crippen LogP contribution in [0.2, 0.25) is 0 Å². The minimum absolute atomic E-state index is 0.142. The monoisotopic (exact) mass is 733 g/mol. The molecule has 2 aromatic rings. The van der Waals surface area contributed by atoms with E-state index in [-0.39, 0.29) is 29.5 Å². The van der Waals surface area contributed by atoms with Gasteiger partial charge in [0.15, 0.2) is 0 Å². The van der Waals surface area contributed by atoms with Crippen molar-refractivity contribution in [1.29, 1.82) is 0 Å². The molecule has 0 aromatic heterocycles. The topological polar surface area (TPSA) is 156 Å². The third-order valence-corrected chi connectivity index (χ3v) is 6.95. The molecular weight excluding hydrogens is 674 g/mol. The molecule has 1 aliphatic rings. The number of anilines is 1. The molecule has 1 atom stereocenters. The second-order valence-electron chi connectivity index (χ2n) is 12.3. The van der Waals surface area contributed by atoms with Crippen molar-refractivity contribution in [2.24, 2.45) is 10.2 Å². The summed E-state index contributed by atoms with van der Waals surface area (Å²) in [6, 6.07) is 16.6. The average molecular weight is 734 g/mol. The molecule has 1 amide bonds. The number of carboxylic acids is 1. The molecule has 1 unspecified atom stereocenters. The van der Waals surface area contributed by atoms with Crippen LogP contribution in [0.15, 0.2) is 114 Å². The van der Waals surface area contributed by atoms with Gasteiger partial charge in [0.2, 0.25) is 5.91 Å². The Labute approximate surface area is 315 Å². The van der Waals surface area contributed by atoms with Crippen LogP contribution in [0.3, 0.4) is 0 Å². The molecule has 11 heteroatoms. The third-order valence-electron chi connectivity index (χ3n) is 6.95. The van der Waals surface area contributed by atoms with Crippen molar-refractivity contribution in [2.45, 2.75) is 98.0 Å². The second kappa shape index (κ2) is 30.5. The number of azo groups is 1. The maximum atomic E-state index is 11.1. The van der Waals surface area contributed by atoms with Crippen LogP contribution in [0.4, 0.5) is 17.1 Å². The molecule has 0 aliphatic carbocycles. The van der Waals surface area contributed by atoms with E-state index >= 15 is 0 Å². The van der Waals surface area contributed by atoms with Gasteiger partial charge in [-0.3, -0.25) is 4.79 Å². The first-order valence-electron chi connectivity index (χ1n) is 18.0. The lowest BCUT2D eigenvalue weighted by Crippen LogP contribution is -2.09. The van der Waals surface area contributed by atoms with E-state index in [1.807, 2.05) is 30.3 Å². The number of carbonyl (C=O) groups is 4. The Morgan fingerprint density at radius 2 is 1.21 bits per heavy atom. The zero-order valence-corrected chi connectivity index (χ0v) is 32.1. The van der Waals surface area contributed by atoms with E-state index in [9.17, 15) is 19.2 Å². The summed E-state index contributed by atoms with van der Waals surface area (Å²) in [5.74, 6) is -1.77. The van der Waals surface area contributed by atoms with E-state index in [2.05, 4.69) is 48.8 Å². The SMILES string of the molecule is C=C(C)C(=O)O.C=C(C)C(=O)OCC1CO1.C=C(C)C(=O)OCCCCCCCCCCCC.C=CC(=O)Nc1ccc(N=Nc2ccccc2)cc1. The number of hydrogen-bond donors (Lipinski definition) is 2. The molecule has 0 bridgehead atoms. The van der Waals surface area contributed by atoms with Crippen molar-refractivity contribution in [3.63, 3.8) is 0 Å². The molecular formula is C42H59N3O8. The molecule has 11 nitrogen and oxygen atoms in total. The molecule has 2 aromatic carbocycles. The van der Waals surface area contributed by atoms with E-state index in [0.717, 1.165) is 17.8 Å². The fourth-order valence-corrected chi connectivity index (χ4v) is 3.75. The summed E-state index contributed by atoms with van der Waals surface area (Å²) >= 11 is 0. The number of amides is 1. The summed E-state index contributed by atoms with van der Waals surface area (Å²) in [5, 5.41) is 18.8. The summed E-state index contributed by atoms with van der Waals surface area (Å²) < 4.78 is 14.6. The fraction of sp³-hybridized carbons (Fsp3) is 0.429. The van der Waals surface area contributed by atoms with Gasteiger partial charge in [-0.15, -0.1) is 0 Å². The number of aliphatic carboxylic acids is 1. The van der Waals surface area contributed by atoms with Gasteiger partial charge in [-0.25, -0.2) is 14.4 Å². The predicted octanol–water partition coefficient (Wildman–Crippen LogP) is 10.4. The predicted molar refractivity (Wildman–Crippen MR) is 211 cm³/mol. The van der Waals surface area contributed by atoms with Crippen molar-refractivity contribution >= 4 is 40.9 Å². The Bertz CT molecular complexity index is 1440. The minimum atomic E-state index is -0.935. The summed E-state index contributed by atoms with van der Waals surface area (Å²) in [7, 11) is 0. The van der Waals surface area contributed by atoms with Crippen LogP contribution in [0.5, 0.6) is 0 Å². The van der Waals surface area contributed by atoms with Crippen LogP contribution in [-0.2, 0) is 33.4 Å². The van der Waals surface area contributed by atoms with Gasteiger partial charge < -0.3 is 24.6 Å².